The standard InChI is InChI=1S/C18H25BN2O5/c1-17(2)18(3,4)26-19(25-17)9-5-10-20-11-8-13-6-7-14(21(23)24)12-15(13)16(20)22/h6-7,12H,5,8-11H2,1-4H3. The Morgan fingerprint density at radius 2 is 1.88 bits per heavy atom. The molecule has 26 heavy (non-hydrogen) atoms. The quantitative estimate of drug-likeness (QED) is 0.458. The van der Waals surface area contributed by atoms with Gasteiger partial charge in [0, 0.05) is 30.8 Å². The molecule has 140 valence electrons. The van der Waals surface area contributed by atoms with E-state index in [0.29, 0.717) is 25.0 Å². The maximum Gasteiger partial charge on any atom is 0.457 e. The Labute approximate surface area is 153 Å². The van der Waals surface area contributed by atoms with Gasteiger partial charge in [0.15, 0.2) is 0 Å². The van der Waals surface area contributed by atoms with E-state index in [0.717, 1.165) is 18.4 Å². The number of hydrogen-bond acceptors (Lipinski definition) is 5. The Hall–Kier alpha value is -1.93. The van der Waals surface area contributed by atoms with Gasteiger partial charge in [-0.3, -0.25) is 14.9 Å². The summed E-state index contributed by atoms with van der Waals surface area (Å²) in [5, 5.41) is 11.0. The van der Waals surface area contributed by atoms with Gasteiger partial charge in [0.2, 0.25) is 0 Å². The third kappa shape index (κ3) is 3.48. The van der Waals surface area contributed by atoms with E-state index in [1.165, 1.54) is 12.1 Å². The van der Waals surface area contributed by atoms with Gasteiger partial charge in [-0.05, 0) is 52.4 Å². The summed E-state index contributed by atoms with van der Waals surface area (Å²) in [5.74, 6) is -0.135. The van der Waals surface area contributed by atoms with Crippen LogP contribution in [0.5, 0.6) is 0 Å². The van der Waals surface area contributed by atoms with E-state index in [-0.39, 0.29) is 29.9 Å². The fourth-order valence-corrected chi connectivity index (χ4v) is 3.37. The van der Waals surface area contributed by atoms with Crippen LogP contribution >= 0.6 is 0 Å². The number of non-ortho nitro benzene ring substituents is 1. The molecular weight excluding hydrogens is 335 g/mol. The highest BCUT2D eigenvalue weighted by molar-refractivity contribution is 6.45. The van der Waals surface area contributed by atoms with Gasteiger partial charge < -0.3 is 14.2 Å². The van der Waals surface area contributed by atoms with Crippen molar-refractivity contribution in [1.82, 2.24) is 4.90 Å². The lowest BCUT2D eigenvalue weighted by molar-refractivity contribution is -0.384. The second-order valence-electron chi connectivity index (χ2n) is 7.97. The molecule has 0 N–H and O–H groups in total. The zero-order chi connectivity index (χ0) is 19.1. The molecule has 1 fully saturated rings. The van der Waals surface area contributed by atoms with Crippen LogP contribution in [-0.2, 0) is 15.7 Å². The van der Waals surface area contributed by atoms with E-state index in [2.05, 4.69) is 0 Å². The molecular formula is C18H25BN2O5. The fraction of sp³-hybridized carbons (Fsp3) is 0.611. The van der Waals surface area contributed by atoms with Crippen molar-refractivity contribution in [3.8, 4) is 0 Å². The van der Waals surface area contributed by atoms with Crippen molar-refractivity contribution >= 4 is 18.7 Å². The van der Waals surface area contributed by atoms with Crippen molar-refractivity contribution in [3.05, 3.63) is 39.4 Å². The van der Waals surface area contributed by atoms with Gasteiger partial charge in [-0.2, -0.15) is 0 Å². The van der Waals surface area contributed by atoms with Gasteiger partial charge in [-0.1, -0.05) is 6.07 Å². The highest BCUT2D eigenvalue weighted by Crippen LogP contribution is 2.38. The van der Waals surface area contributed by atoms with Crippen molar-refractivity contribution in [1.29, 1.82) is 0 Å². The van der Waals surface area contributed by atoms with Crippen LogP contribution in [0, 0.1) is 10.1 Å². The molecule has 1 aromatic rings. The molecule has 8 heteroatoms. The monoisotopic (exact) mass is 360 g/mol. The lowest BCUT2D eigenvalue weighted by Crippen LogP contribution is -2.41. The van der Waals surface area contributed by atoms with Crippen LogP contribution in [0.15, 0.2) is 18.2 Å². The number of nitrogens with zero attached hydrogens (tertiary/aromatic N) is 2. The second kappa shape index (κ2) is 6.66. The first-order chi connectivity index (χ1) is 12.1. The molecule has 3 rings (SSSR count). The van der Waals surface area contributed by atoms with Crippen LogP contribution in [0.2, 0.25) is 6.32 Å². The zero-order valence-corrected chi connectivity index (χ0v) is 15.8. The minimum Gasteiger partial charge on any atom is -0.403 e. The van der Waals surface area contributed by atoms with E-state index in [4.69, 9.17) is 9.31 Å². The Bertz CT molecular complexity index is 718. The van der Waals surface area contributed by atoms with Crippen LogP contribution in [0.1, 0.15) is 50.0 Å². The van der Waals surface area contributed by atoms with E-state index in [1.54, 1.807) is 11.0 Å². The van der Waals surface area contributed by atoms with Gasteiger partial charge in [0.1, 0.15) is 0 Å². The van der Waals surface area contributed by atoms with Crippen molar-refractivity contribution in [2.24, 2.45) is 0 Å². The lowest BCUT2D eigenvalue weighted by atomic mass is 9.83. The number of carbonyl (C=O) groups excluding carboxylic acids is 1. The molecule has 7 nitrogen and oxygen atoms in total. The highest BCUT2D eigenvalue weighted by Gasteiger charge is 2.50. The molecule has 2 aliphatic heterocycles. The summed E-state index contributed by atoms with van der Waals surface area (Å²) in [5.41, 5.74) is 0.576. The number of nitro benzene ring substituents is 1. The summed E-state index contributed by atoms with van der Waals surface area (Å²) in [4.78, 5) is 24.9. The number of rotatable bonds is 5. The smallest absolute Gasteiger partial charge is 0.403 e. The average molecular weight is 360 g/mol. The molecule has 1 saturated heterocycles. The van der Waals surface area contributed by atoms with Gasteiger partial charge in [-0.15, -0.1) is 0 Å². The van der Waals surface area contributed by atoms with Crippen molar-refractivity contribution in [3.63, 3.8) is 0 Å². The molecule has 0 aromatic heterocycles. The van der Waals surface area contributed by atoms with E-state index >= 15 is 0 Å². The molecule has 0 unspecified atom stereocenters. The first kappa shape index (κ1) is 18.9. The number of benzene rings is 1. The molecule has 0 bridgehead atoms. The molecule has 0 atom stereocenters. The number of nitro groups is 1. The molecule has 2 heterocycles. The average Bonchev–Trinajstić information content (AvgIpc) is 2.76. The Kier molecular flexibility index (Phi) is 4.83. The SMILES string of the molecule is CC1(C)OB(CCCN2CCc3ccc([N+](=O)[O-])cc3C2=O)OC1(C)C. The summed E-state index contributed by atoms with van der Waals surface area (Å²) in [6, 6.07) is 4.53. The second-order valence-corrected chi connectivity index (χ2v) is 7.97. The van der Waals surface area contributed by atoms with Crippen LogP contribution in [0.25, 0.3) is 0 Å². The van der Waals surface area contributed by atoms with E-state index < -0.39 is 4.92 Å². The Balaban J connectivity index is 1.58. The summed E-state index contributed by atoms with van der Waals surface area (Å²) in [7, 11) is -0.270. The zero-order valence-electron chi connectivity index (χ0n) is 15.8. The molecule has 0 aliphatic carbocycles. The number of fused-ring (bicyclic) bond motifs is 1. The predicted molar refractivity (Wildman–Crippen MR) is 98.2 cm³/mol. The predicted octanol–water partition coefficient (Wildman–Crippen LogP) is 3.08. The highest BCUT2D eigenvalue weighted by atomic mass is 16.7. The van der Waals surface area contributed by atoms with Crippen molar-refractivity contribution < 1.29 is 19.0 Å². The maximum atomic E-state index is 12.7. The van der Waals surface area contributed by atoms with Crippen LogP contribution in [-0.4, -0.2) is 47.1 Å². The van der Waals surface area contributed by atoms with Crippen molar-refractivity contribution in [2.45, 2.75) is 58.1 Å². The molecule has 1 aromatic carbocycles. The molecule has 1 amide bonds. The number of amides is 1. The van der Waals surface area contributed by atoms with Crippen molar-refractivity contribution in [2.75, 3.05) is 13.1 Å². The van der Waals surface area contributed by atoms with Crippen LogP contribution < -0.4 is 0 Å². The largest absolute Gasteiger partial charge is 0.457 e. The summed E-state index contributed by atoms with van der Waals surface area (Å²) < 4.78 is 12.0. The topological polar surface area (TPSA) is 81.9 Å². The van der Waals surface area contributed by atoms with Gasteiger partial charge >= 0.3 is 7.12 Å². The normalized spacial score (nSPS) is 21.0. The summed E-state index contributed by atoms with van der Waals surface area (Å²) >= 11 is 0. The van der Waals surface area contributed by atoms with E-state index in [1.807, 2.05) is 27.7 Å². The Morgan fingerprint density at radius 1 is 1.23 bits per heavy atom. The van der Waals surface area contributed by atoms with E-state index in [9.17, 15) is 14.9 Å². The first-order valence-electron chi connectivity index (χ1n) is 9.03. The molecule has 0 radical (unpaired) electrons. The summed E-state index contributed by atoms with van der Waals surface area (Å²) in [6.07, 6.45) is 2.18. The van der Waals surface area contributed by atoms with Gasteiger partial charge in [0.05, 0.1) is 16.1 Å². The minimum atomic E-state index is -0.467. The lowest BCUT2D eigenvalue weighted by Gasteiger charge is -2.32. The third-order valence-electron chi connectivity index (χ3n) is 5.64. The fourth-order valence-electron chi connectivity index (χ4n) is 3.37. The molecule has 0 saturated carbocycles. The van der Waals surface area contributed by atoms with Gasteiger partial charge in [-0.25, -0.2) is 0 Å². The van der Waals surface area contributed by atoms with Crippen LogP contribution in [0.4, 0.5) is 5.69 Å². The minimum absolute atomic E-state index is 0.0452. The first-order valence-corrected chi connectivity index (χ1v) is 9.03. The van der Waals surface area contributed by atoms with Gasteiger partial charge in [0.25, 0.3) is 11.6 Å². The summed E-state index contributed by atoms with van der Waals surface area (Å²) in [6.45, 7) is 9.30. The maximum absolute atomic E-state index is 12.7. The Morgan fingerprint density at radius 3 is 2.50 bits per heavy atom. The number of carbonyl (C=O) groups is 1. The van der Waals surface area contributed by atoms with Crippen LogP contribution in [0.3, 0.4) is 0 Å². The number of hydrogen-bond donors (Lipinski definition) is 0. The third-order valence-corrected chi connectivity index (χ3v) is 5.64. The molecule has 0 spiro atoms. The molecule has 2 aliphatic rings.